The van der Waals surface area contributed by atoms with Crippen LogP contribution in [-0.2, 0) is 5.41 Å². The molecule has 2 bridgehead atoms. The van der Waals surface area contributed by atoms with Gasteiger partial charge in [0.2, 0.25) is 0 Å². The van der Waals surface area contributed by atoms with E-state index in [2.05, 4.69) is 10.1 Å². The molecule has 0 amide bonds. The average molecular weight is 215 g/mol. The van der Waals surface area contributed by atoms with Gasteiger partial charge in [-0.05, 0) is 25.2 Å². The maximum absolute atomic E-state index is 5.45. The number of hydrogen-bond acceptors (Lipinski definition) is 3. The van der Waals surface area contributed by atoms with Crippen LogP contribution in [0, 0.1) is 5.92 Å². The highest BCUT2D eigenvalue weighted by Crippen LogP contribution is 2.65. The van der Waals surface area contributed by atoms with E-state index in [1.807, 2.05) is 16.8 Å². The summed E-state index contributed by atoms with van der Waals surface area (Å²) < 4.78 is 7.30. The van der Waals surface area contributed by atoms with Crippen molar-refractivity contribution < 1.29 is 4.74 Å². The van der Waals surface area contributed by atoms with Crippen LogP contribution >= 0.6 is 0 Å². The number of fused-ring (bicyclic) bond motifs is 1. The molecule has 0 N–H and O–H groups in total. The molecule has 0 saturated heterocycles. The van der Waals surface area contributed by atoms with Crippen molar-refractivity contribution in [3.63, 3.8) is 0 Å². The molecule has 0 atom stereocenters. The van der Waals surface area contributed by atoms with Gasteiger partial charge in [0.15, 0.2) is 5.65 Å². The Labute approximate surface area is 93.2 Å². The largest absolute Gasteiger partial charge is 0.495 e. The number of imidazole rings is 1. The molecule has 3 saturated carbocycles. The lowest BCUT2D eigenvalue weighted by atomic mass is 9.43. The van der Waals surface area contributed by atoms with Crippen LogP contribution < -0.4 is 4.74 Å². The van der Waals surface area contributed by atoms with Crippen molar-refractivity contribution in [2.24, 2.45) is 5.92 Å². The summed E-state index contributed by atoms with van der Waals surface area (Å²) >= 11 is 0. The van der Waals surface area contributed by atoms with Crippen LogP contribution in [0.2, 0.25) is 0 Å². The predicted octanol–water partition coefficient (Wildman–Crippen LogP) is 1.79. The second-order valence-electron chi connectivity index (χ2n) is 5.05. The van der Waals surface area contributed by atoms with Crippen molar-refractivity contribution in [1.29, 1.82) is 0 Å². The summed E-state index contributed by atoms with van der Waals surface area (Å²) in [4.78, 5) is 4.23. The Kier molecular flexibility index (Phi) is 1.37. The summed E-state index contributed by atoms with van der Waals surface area (Å²) in [5, 5.41) is 4.67. The number of nitrogens with zero attached hydrogens (tertiary/aromatic N) is 3. The van der Waals surface area contributed by atoms with Crippen LogP contribution in [0.3, 0.4) is 0 Å². The topological polar surface area (TPSA) is 39.4 Å². The fourth-order valence-corrected chi connectivity index (χ4v) is 3.13. The minimum absolute atomic E-state index is 0.328. The minimum atomic E-state index is 0.328. The molecule has 4 heteroatoms. The van der Waals surface area contributed by atoms with Gasteiger partial charge in [-0.3, -0.25) is 0 Å². The Bertz CT molecular complexity index is 558. The summed E-state index contributed by atoms with van der Waals surface area (Å²) in [7, 11) is 1.71. The van der Waals surface area contributed by atoms with Crippen molar-refractivity contribution in [3.05, 3.63) is 24.2 Å². The van der Waals surface area contributed by atoms with E-state index < -0.39 is 0 Å². The molecule has 2 aromatic heterocycles. The van der Waals surface area contributed by atoms with Crippen LogP contribution in [0.1, 0.15) is 25.0 Å². The van der Waals surface area contributed by atoms with Gasteiger partial charge in [-0.2, -0.15) is 5.10 Å². The molecular formula is C12H13N3O. The van der Waals surface area contributed by atoms with E-state index in [9.17, 15) is 0 Å². The molecule has 2 heterocycles. The van der Waals surface area contributed by atoms with E-state index in [-0.39, 0.29) is 0 Å². The average Bonchev–Trinajstić information content (AvgIpc) is 2.58. The van der Waals surface area contributed by atoms with Gasteiger partial charge in [0.25, 0.3) is 0 Å². The van der Waals surface area contributed by atoms with Crippen molar-refractivity contribution >= 4 is 5.65 Å². The molecule has 3 fully saturated rings. The van der Waals surface area contributed by atoms with Crippen LogP contribution in [0.4, 0.5) is 0 Å². The zero-order valence-electron chi connectivity index (χ0n) is 9.18. The van der Waals surface area contributed by atoms with Crippen LogP contribution in [0.15, 0.2) is 18.5 Å². The van der Waals surface area contributed by atoms with Crippen LogP contribution in [0.5, 0.6) is 5.75 Å². The summed E-state index contributed by atoms with van der Waals surface area (Å²) in [6.45, 7) is 0. The highest BCUT2D eigenvalue weighted by Gasteiger charge is 2.59. The first-order chi connectivity index (χ1) is 7.81. The molecule has 0 unspecified atom stereocenters. The van der Waals surface area contributed by atoms with Gasteiger partial charge < -0.3 is 4.74 Å². The monoisotopic (exact) mass is 215 g/mol. The van der Waals surface area contributed by atoms with Gasteiger partial charge in [-0.1, -0.05) is 0 Å². The molecule has 0 radical (unpaired) electrons. The summed E-state index contributed by atoms with van der Waals surface area (Å²) in [6.07, 6.45) is 7.53. The lowest BCUT2D eigenvalue weighted by Gasteiger charge is -2.61. The molecule has 0 aromatic carbocycles. The Morgan fingerprint density at radius 2 is 2.25 bits per heavy atom. The van der Waals surface area contributed by atoms with Gasteiger partial charge in [-0.15, -0.1) is 0 Å². The Hall–Kier alpha value is -1.58. The third-order valence-corrected chi connectivity index (χ3v) is 4.11. The van der Waals surface area contributed by atoms with Crippen molar-refractivity contribution in [3.8, 4) is 5.75 Å². The van der Waals surface area contributed by atoms with Crippen molar-refractivity contribution in [1.82, 2.24) is 14.6 Å². The molecular weight excluding hydrogens is 202 g/mol. The van der Waals surface area contributed by atoms with Crippen LogP contribution in [0.25, 0.3) is 5.65 Å². The minimum Gasteiger partial charge on any atom is -0.495 e. The Morgan fingerprint density at radius 3 is 2.88 bits per heavy atom. The van der Waals surface area contributed by atoms with E-state index in [1.165, 1.54) is 19.3 Å². The second-order valence-corrected chi connectivity index (χ2v) is 5.05. The van der Waals surface area contributed by atoms with E-state index in [4.69, 9.17) is 4.74 Å². The third-order valence-electron chi connectivity index (χ3n) is 4.11. The highest BCUT2D eigenvalue weighted by atomic mass is 16.5. The quantitative estimate of drug-likeness (QED) is 0.766. The maximum Gasteiger partial charge on any atom is 0.157 e. The van der Waals surface area contributed by atoms with E-state index in [1.54, 1.807) is 13.3 Å². The molecule has 16 heavy (non-hydrogen) atoms. The first-order valence-electron chi connectivity index (χ1n) is 5.70. The predicted molar refractivity (Wildman–Crippen MR) is 58.6 cm³/mol. The molecule has 3 aliphatic carbocycles. The second kappa shape index (κ2) is 2.56. The SMILES string of the molecule is COc1cc2nccn2nc1C12CC(C1)C2. The van der Waals surface area contributed by atoms with Crippen molar-refractivity contribution in [2.75, 3.05) is 7.11 Å². The number of ether oxygens (including phenoxy) is 1. The van der Waals surface area contributed by atoms with Gasteiger partial charge in [-0.25, -0.2) is 9.50 Å². The zero-order chi connectivity index (χ0) is 10.8. The zero-order valence-corrected chi connectivity index (χ0v) is 9.18. The van der Waals surface area contributed by atoms with Crippen molar-refractivity contribution in [2.45, 2.75) is 24.7 Å². The van der Waals surface area contributed by atoms with Crippen LogP contribution in [-0.4, -0.2) is 21.7 Å². The van der Waals surface area contributed by atoms with Gasteiger partial charge in [0.05, 0.1) is 7.11 Å². The number of hydrogen-bond donors (Lipinski definition) is 0. The molecule has 2 aromatic rings. The molecule has 0 spiro atoms. The third kappa shape index (κ3) is 0.859. The standard InChI is InChI=1S/C12H13N3O/c1-16-9-4-10-13-2-3-15(10)14-11(9)12-5-8(6-12)7-12/h2-4,8H,5-7H2,1H3. The maximum atomic E-state index is 5.45. The van der Waals surface area contributed by atoms with E-state index >= 15 is 0 Å². The molecule has 5 rings (SSSR count). The molecule has 4 nitrogen and oxygen atoms in total. The first-order valence-corrected chi connectivity index (χ1v) is 5.70. The highest BCUT2D eigenvalue weighted by molar-refractivity contribution is 5.49. The lowest BCUT2D eigenvalue weighted by Crippen LogP contribution is -2.55. The van der Waals surface area contributed by atoms with E-state index in [0.717, 1.165) is 23.0 Å². The number of aromatic nitrogens is 3. The Morgan fingerprint density at radius 1 is 1.44 bits per heavy atom. The smallest absolute Gasteiger partial charge is 0.157 e. The first kappa shape index (κ1) is 8.56. The van der Waals surface area contributed by atoms with Gasteiger partial charge in [0, 0.05) is 23.9 Å². The summed E-state index contributed by atoms with van der Waals surface area (Å²) in [5.41, 5.74) is 2.31. The molecule has 0 aliphatic heterocycles. The molecule has 3 aliphatic rings. The lowest BCUT2D eigenvalue weighted by molar-refractivity contribution is -0.0334. The van der Waals surface area contributed by atoms with Gasteiger partial charge >= 0.3 is 0 Å². The summed E-state index contributed by atoms with van der Waals surface area (Å²) in [5.74, 6) is 1.85. The summed E-state index contributed by atoms with van der Waals surface area (Å²) in [6, 6.07) is 1.99. The Balaban J connectivity index is 1.94. The fraction of sp³-hybridized carbons (Fsp3) is 0.500. The van der Waals surface area contributed by atoms with Gasteiger partial charge in [0.1, 0.15) is 11.4 Å². The number of rotatable bonds is 2. The van der Waals surface area contributed by atoms with E-state index in [0.29, 0.717) is 5.41 Å². The molecule has 82 valence electrons. The fourth-order valence-electron chi connectivity index (χ4n) is 3.13. The number of methoxy groups -OCH3 is 1. The normalized spacial score (nSPS) is 30.9.